The van der Waals surface area contributed by atoms with E-state index < -0.39 is 20.0 Å². The Labute approximate surface area is 346 Å². The summed E-state index contributed by atoms with van der Waals surface area (Å²) in [5, 5.41) is 13.7. The first-order valence-electron chi connectivity index (χ1n) is 23.6. The average Bonchev–Trinajstić information content (AvgIpc) is 3.19. The fourth-order valence-electron chi connectivity index (χ4n) is 6.85. The van der Waals surface area contributed by atoms with Gasteiger partial charge in [0.25, 0.3) is 0 Å². The number of allylic oxidation sites excluding steroid dienone is 5. The van der Waals surface area contributed by atoms with Crippen molar-refractivity contribution in [1.29, 1.82) is 0 Å². The van der Waals surface area contributed by atoms with Crippen molar-refractivity contribution in [1.82, 2.24) is 5.32 Å². The number of rotatable bonds is 44. The van der Waals surface area contributed by atoms with Crippen molar-refractivity contribution >= 4 is 13.7 Å². The molecule has 0 aliphatic heterocycles. The zero-order chi connectivity index (χ0) is 41.1. The first-order chi connectivity index (χ1) is 27.4. The van der Waals surface area contributed by atoms with Gasteiger partial charge >= 0.3 is 7.82 Å². The van der Waals surface area contributed by atoms with Crippen LogP contribution in [-0.4, -0.2) is 47.8 Å². The molecule has 1 amide bonds. The minimum atomic E-state index is -4.35. The number of phosphoric ester groups is 1. The molecule has 5 N–H and O–H groups in total. The van der Waals surface area contributed by atoms with Crippen molar-refractivity contribution in [2.75, 3.05) is 19.8 Å². The van der Waals surface area contributed by atoms with Crippen LogP contribution < -0.4 is 11.1 Å². The van der Waals surface area contributed by atoms with Gasteiger partial charge in [0.1, 0.15) is 0 Å². The smallest absolute Gasteiger partial charge is 0.387 e. The first kappa shape index (κ1) is 54.7. The fraction of sp³-hybridized carbons (Fsp3) is 0.851. The minimum absolute atomic E-state index is 0.0734. The molecule has 0 aromatic carbocycles. The van der Waals surface area contributed by atoms with Crippen LogP contribution in [0, 0.1) is 0 Å². The van der Waals surface area contributed by atoms with E-state index in [1.807, 2.05) is 6.08 Å². The van der Waals surface area contributed by atoms with Gasteiger partial charge in [0.05, 0.1) is 25.4 Å². The Balaban J connectivity index is 4.21. The quantitative estimate of drug-likeness (QED) is 0.0274. The summed E-state index contributed by atoms with van der Waals surface area (Å²) in [4.78, 5) is 22.7. The Bertz CT molecular complexity index is 974. The van der Waals surface area contributed by atoms with Crippen molar-refractivity contribution in [3.63, 3.8) is 0 Å². The van der Waals surface area contributed by atoms with Crippen LogP contribution in [0.15, 0.2) is 36.5 Å². The third kappa shape index (κ3) is 40.9. The minimum Gasteiger partial charge on any atom is -0.387 e. The third-order valence-electron chi connectivity index (χ3n) is 10.4. The predicted molar refractivity (Wildman–Crippen MR) is 240 cm³/mol. The highest BCUT2D eigenvalue weighted by atomic mass is 31.2. The van der Waals surface area contributed by atoms with E-state index in [4.69, 9.17) is 14.8 Å². The lowest BCUT2D eigenvalue weighted by Gasteiger charge is -2.23. The van der Waals surface area contributed by atoms with E-state index in [0.29, 0.717) is 6.42 Å². The highest BCUT2D eigenvalue weighted by Crippen LogP contribution is 2.43. The van der Waals surface area contributed by atoms with Crippen LogP contribution in [0.25, 0.3) is 0 Å². The van der Waals surface area contributed by atoms with E-state index in [9.17, 15) is 19.4 Å². The Morgan fingerprint density at radius 2 is 0.946 bits per heavy atom. The molecule has 3 atom stereocenters. The van der Waals surface area contributed by atoms with E-state index >= 15 is 0 Å². The molecular formula is C47H91N2O6P. The Morgan fingerprint density at radius 3 is 1.38 bits per heavy atom. The van der Waals surface area contributed by atoms with Crippen LogP contribution in [0.3, 0.4) is 0 Å². The highest BCUT2D eigenvalue weighted by molar-refractivity contribution is 7.47. The number of nitrogens with two attached hydrogens (primary N) is 1. The summed E-state index contributed by atoms with van der Waals surface area (Å²) >= 11 is 0. The monoisotopic (exact) mass is 811 g/mol. The maximum absolute atomic E-state index is 12.8. The van der Waals surface area contributed by atoms with Gasteiger partial charge in [-0.2, -0.15) is 0 Å². The van der Waals surface area contributed by atoms with Crippen LogP contribution in [-0.2, 0) is 18.4 Å². The molecule has 0 saturated carbocycles. The summed E-state index contributed by atoms with van der Waals surface area (Å²) in [6, 6.07) is -0.878. The van der Waals surface area contributed by atoms with Gasteiger partial charge in [0.2, 0.25) is 5.91 Å². The molecule has 0 bridgehead atoms. The van der Waals surface area contributed by atoms with Gasteiger partial charge in [0.15, 0.2) is 0 Å². The number of carbonyl (C=O) groups excluding carboxylic acids is 1. The van der Waals surface area contributed by atoms with E-state index in [0.717, 1.165) is 38.5 Å². The molecule has 56 heavy (non-hydrogen) atoms. The molecule has 0 aromatic rings. The molecule has 0 fully saturated rings. The summed E-state index contributed by atoms with van der Waals surface area (Å²) in [7, 11) is -4.35. The number of carbonyl (C=O) groups is 1. The summed E-state index contributed by atoms with van der Waals surface area (Å²) in [5.74, 6) is -0.208. The zero-order valence-corrected chi connectivity index (χ0v) is 37.5. The van der Waals surface area contributed by atoms with Crippen molar-refractivity contribution in [2.24, 2.45) is 5.73 Å². The largest absolute Gasteiger partial charge is 0.472 e. The Hall–Kier alpha value is -1.28. The number of nitrogens with one attached hydrogen (secondary N) is 1. The molecule has 0 rings (SSSR count). The lowest BCUT2D eigenvalue weighted by atomic mass is 10.0. The second kappa shape index (κ2) is 43.3. The lowest BCUT2D eigenvalue weighted by Crippen LogP contribution is -2.45. The fourth-order valence-corrected chi connectivity index (χ4v) is 7.61. The number of hydrogen-bond acceptors (Lipinski definition) is 6. The number of aliphatic hydroxyl groups is 1. The molecule has 3 unspecified atom stereocenters. The van der Waals surface area contributed by atoms with Crippen molar-refractivity contribution in [2.45, 2.75) is 238 Å². The molecule has 330 valence electrons. The van der Waals surface area contributed by atoms with E-state index in [1.54, 1.807) is 6.08 Å². The third-order valence-corrected chi connectivity index (χ3v) is 11.4. The van der Waals surface area contributed by atoms with Crippen LogP contribution in [0.4, 0.5) is 0 Å². The van der Waals surface area contributed by atoms with E-state index in [2.05, 4.69) is 43.5 Å². The van der Waals surface area contributed by atoms with Gasteiger partial charge in [-0.05, 0) is 57.8 Å². The average molecular weight is 811 g/mol. The molecule has 0 spiro atoms. The maximum atomic E-state index is 12.8. The van der Waals surface area contributed by atoms with Gasteiger partial charge in [0, 0.05) is 13.0 Å². The molecule has 0 saturated heterocycles. The molecular weight excluding hydrogens is 719 g/mol. The molecule has 0 aromatic heterocycles. The summed E-state index contributed by atoms with van der Waals surface area (Å²) in [5.41, 5.74) is 5.38. The number of amides is 1. The molecule has 0 aliphatic rings. The SMILES string of the molecule is CCCCCCCC/C=C\CCCCCCCCCC(=O)NC(COP(=O)(O)OCCN)C(O)/C=C/CC/C=C/CCCCCCCCCCCCCCCC. The predicted octanol–water partition coefficient (Wildman–Crippen LogP) is 13.5. The normalized spacial score (nSPS) is 14.3. The summed E-state index contributed by atoms with van der Waals surface area (Å²) in [6.45, 7) is 4.12. The second-order valence-electron chi connectivity index (χ2n) is 16.0. The second-order valence-corrected chi connectivity index (χ2v) is 17.4. The first-order valence-corrected chi connectivity index (χ1v) is 25.1. The van der Waals surface area contributed by atoms with E-state index in [-0.39, 0.29) is 25.7 Å². The highest BCUT2D eigenvalue weighted by Gasteiger charge is 2.26. The zero-order valence-electron chi connectivity index (χ0n) is 36.6. The van der Waals surface area contributed by atoms with Gasteiger partial charge in [-0.25, -0.2) is 4.57 Å². The molecule has 8 nitrogen and oxygen atoms in total. The van der Waals surface area contributed by atoms with Gasteiger partial charge in [-0.1, -0.05) is 198 Å². The number of phosphoric acid groups is 1. The summed E-state index contributed by atoms with van der Waals surface area (Å²) < 4.78 is 22.1. The van der Waals surface area contributed by atoms with Crippen LogP contribution in [0.5, 0.6) is 0 Å². The standard InChI is InChI=1S/C47H91N2O6P/c1-3-5-7-9-11-13-15-17-19-21-22-23-25-26-28-30-32-34-36-38-40-46(50)45(44-55-56(52,53)54-43-42-48)49-47(51)41-39-37-35-33-31-29-27-24-20-18-16-14-12-10-8-6-4-2/h18,20,30,32,38,40,45-46,50H,3-17,19,21-29,31,33-37,39,41-44,48H2,1-2H3,(H,49,51)(H,52,53)/b20-18-,32-30+,40-38+. The van der Waals surface area contributed by atoms with Gasteiger partial charge < -0.3 is 21.1 Å². The van der Waals surface area contributed by atoms with Crippen molar-refractivity contribution in [3.05, 3.63) is 36.5 Å². The number of hydrogen-bond donors (Lipinski definition) is 4. The molecule has 0 heterocycles. The Morgan fingerprint density at radius 1 is 0.571 bits per heavy atom. The van der Waals surface area contributed by atoms with Crippen molar-refractivity contribution < 1.29 is 28.4 Å². The van der Waals surface area contributed by atoms with E-state index in [1.165, 1.54) is 167 Å². The van der Waals surface area contributed by atoms with Gasteiger partial charge in [-0.15, -0.1) is 0 Å². The van der Waals surface area contributed by atoms with Crippen LogP contribution in [0.2, 0.25) is 0 Å². The lowest BCUT2D eigenvalue weighted by molar-refractivity contribution is -0.123. The maximum Gasteiger partial charge on any atom is 0.472 e. The number of unbranched alkanes of at least 4 members (excludes halogenated alkanes) is 28. The van der Waals surface area contributed by atoms with Crippen LogP contribution in [0.1, 0.15) is 226 Å². The van der Waals surface area contributed by atoms with Gasteiger partial charge in [-0.3, -0.25) is 13.8 Å². The summed E-state index contributed by atoms with van der Waals surface area (Å²) in [6.07, 6.45) is 52.0. The number of aliphatic hydroxyl groups excluding tert-OH is 1. The Kier molecular flexibility index (Phi) is 42.3. The molecule has 0 radical (unpaired) electrons. The van der Waals surface area contributed by atoms with Crippen molar-refractivity contribution in [3.8, 4) is 0 Å². The molecule has 0 aliphatic carbocycles. The molecule has 9 heteroatoms. The topological polar surface area (TPSA) is 131 Å². The van der Waals surface area contributed by atoms with Crippen LogP contribution >= 0.6 is 7.82 Å².